The molecule has 0 atom stereocenters. The number of hydrogen-bond acceptors (Lipinski definition) is 5. The topological polar surface area (TPSA) is 144 Å². The van der Waals surface area contributed by atoms with Crippen LogP contribution >= 0.6 is 0 Å². The molecule has 254 valence electrons. The maximum absolute atomic E-state index is 11.4. The average Bonchev–Trinajstić information content (AvgIpc) is 3.04. The lowest BCUT2D eigenvalue weighted by atomic mass is 10.0. The molecule has 7 nitrogen and oxygen atoms in total. The Hall–Kier alpha value is -4.00. The minimum atomic E-state index is -0.937. The summed E-state index contributed by atoms with van der Waals surface area (Å²) in [5.41, 5.74) is 22.4. The lowest BCUT2D eigenvalue weighted by Crippen LogP contribution is -2.25. The zero-order valence-electron chi connectivity index (χ0n) is 28.4. The van der Waals surface area contributed by atoms with E-state index in [2.05, 4.69) is 37.4 Å². The first-order chi connectivity index (χ1) is 22.3. The third-order valence-electron chi connectivity index (χ3n) is 7.67. The van der Waals surface area contributed by atoms with Crippen molar-refractivity contribution >= 4 is 28.9 Å². The van der Waals surface area contributed by atoms with Crippen molar-refractivity contribution in [3.05, 3.63) is 89.5 Å². The van der Waals surface area contributed by atoms with E-state index in [0.29, 0.717) is 11.3 Å². The molecular formula is C39H60N4O3. The molecule has 0 heterocycles. The van der Waals surface area contributed by atoms with Crippen molar-refractivity contribution in [1.29, 1.82) is 0 Å². The number of carboxylic acid groups (broad SMARTS) is 1. The number of unbranched alkanes of at least 4 members (excludes halogenated alkanes) is 11. The number of aliphatic carboxylic acids is 1. The first-order valence-electron chi connectivity index (χ1n) is 17.3. The number of rotatable bonds is 19. The zero-order valence-corrected chi connectivity index (χ0v) is 28.4. The van der Waals surface area contributed by atoms with E-state index in [1.807, 2.05) is 30.3 Å². The molecule has 0 saturated carbocycles. The van der Waals surface area contributed by atoms with Crippen LogP contribution in [0.4, 0.5) is 17.1 Å². The summed E-state index contributed by atoms with van der Waals surface area (Å²) in [5, 5.41) is 10.9. The second kappa shape index (κ2) is 26.2. The molecule has 0 aliphatic heterocycles. The van der Waals surface area contributed by atoms with Gasteiger partial charge in [0.05, 0.1) is 6.42 Å². The minimum absolute atomic E-state index is 0.0826. The van der Waals surface area contributed by atoms with Crippen molar-refractivity contribution in [1.82, 2.24) is 5.32 Å². The van der Waals surface area contributed by atoms with Crippen LogP contribution in [0.3, 0.4) is 0 Å². The van der Waals surface area contributed by atoms with E-state index in [4.69, 9.17) is 22.3 Å². The summed E-state index contributed by atoms with van der Waals surface area (Å²) in [4.78, 5) is 21.6. The normalized spacial score (nSPS) is 10.2. The zero-order chi connectivity index (χ0) is 33.8. The Labute approximate surface area is 278 Å². The van der Waals surface area contributed by atoms with Crippen molar-refractivity contribution in [3.63, 3.8) is 0 Å². The van der Waals surface area contributed by atoms with Gasteiger partial charge < -0.3 is 27.6 Å². The summed E-state index contributed by atoms with van der Waals surface area (Å²) in [6.45, 7) is 4.57. The molecule has 0 saturated heterocycles. The molecule has 3 aromatic rings. The highest BCUT2D eigenvalue weighted by molar-refractivity contribution is 5.94. The molecule has 3 rings (SSSR count). The summed E-state index contributed by atoms with van der Waals surface area (Å²) in [6.07, 6.45) is 20.4. The van der Waals surface area contributed by atoms with Gasteiger partial charge in [-0.3, -0.25) is 9.59 Å². The van der Waals surface area contributed by atoms with Crippen LogP contribution in [0.1, 0.15) is 125 Å². The highest BCUT2D eigenvalue weighted by Gasteiger charge is 2.05. The number of carboxylic acids is 1. The standard InChI is InChI=1S/C20H35N.C10H12N2O3.C9H13N/c1-2-3-4-5-6-7-8-9-10-11-12-13-14-19-15-17-20(21)18-16-19;11-8-3-1-7(2-4-8)10(15)12-6-5-9(13)14;1-2-5-8-6-3-4-7-9(8)10/h15-18H,2-14,21H2,1H3;1-4H,5-6,11H2,(H,12,15)(H,13,14);3-4,6-7H,2,5,10H2,1H3. The van der Waals surface area contributed by atoms with E-state index in [9.17, 15) is 9.59 Å². The van der Waals surface area contributed by atoms with Crippen molar-refractivity contribution in [2.45, 2.75) is 117 Å². The number of benzene rings is 3. The fourth-order valence-corrected chi connectivity index (χ4v) is 4.91. The van der Waals surface area contributed by atoms with Crippen molar-refractivity contribution in [2.75, 3.05) is 23.7 Å². The Morgan fingerprint density at radius 1 is 0.609 bits per heavy atom. The summed E-state index contributed by atoms with van der Waals surface area (Å²) in [5.74, 6) is -1.23. The number of anilines is 3. The largest absolute Gasteiger partial charge is 0.481 e. The lowest BCUT2D eigenvalue weighted by molar-refractivity contribution is -0.136. The Morgan fingerprint density at radius 3 is 1.61 bits per heavy atom. The summed E-state index contributed by atoms with van der Waals surface area (Å²) >= 11 is 0. The molecule has 3 aromatic carbocycles. The van der Waals surface area contributed by atoms with Gasteiger partial charge in [0.25, 0.3) is 5.91 Å². The van der Waals surface area contributed by atoms with Gasteiger partial charge in [-0.2, -0.15) is 0 Å². The van der Waals surface area contributed by atoms with Crippen LogP contribution in [0, 0.1) is 0 Å². The number of aryl methyl sites for hydroxylation is 2. The molecule has 0 bridgehead atoms. The molecule has 46 heavy (non-hydrogen) atoms. The molecule has 0 unspecified atom stereocenters. The third kappa shape index (κ3) is 20.9. The molecule has 0 aromatic heterocycles. The smallest absolute Gasteiger partial charge is 0.305 e. The Balaban J connectivity index is 0.000000368. The highest BCUT2D eigenvalue weighted by Crippen LogP contribution is 2.14. The highest BCUT2D eigenvalue weighted by atomic mass is 16.4. The fraction of sp³-hybridized carbons (Fsp3) is 0.487. The van der Waals surface area contributed by atoms with Gasteiger partial charge in [-0.05, 0) is 72.9 Å². The molecule has 8 N–H and O–H groups in total. The van der Waals surface area contributed by atoms with Crippen molar-refractivity contribution in [2.24, 2.45) is 0 Å². The molecule has 0 aliphatic rings. The lowest BCUT2D eigenvalue weighted by Gasteiger charge is -2.04. The van der Waals surface area contributed by atoms with Crippen LogP contribution in [0.2, 0.25) is 0 Å². The molecular weight excluding hydrogens is 572 g/mol. The fourth-order valence-electron chi connectivity index (χ4n) is 4.91. The monoisotopic (exact) mass is 632 g/mol. The second-order valence-electron chi connectivity index (χ2n) is 11.9. The van der Waals surface area contributed by atoms with Crippen LogP contribution < -0.4 is 22.5 Å². The minimum Gasteiger partial charge on any atom is -0.481 e. The number of carbonyl (C=O) groups is 2. The molecule has 7 heteroatoms. The van der Waals surface area contributed by atoms with Gasteiger partial charge in [0.15, 0.2) is 0 Å². The predicted molar refractivity (Wildman–Crippen MR) is 196 cm³/mol. The number of amides is 1. The number of nitrogens with one attached hydrogen (secondary N) is 1. The maximum Gasteiger partial charge on any atom is 0.305 e. The van der Waals surface area contributed by atoms with E-state index >= 15 is 0 Å². The summed E-state index contributed by atoms with van der Waals surface area (Å²) < 4.78 is 0. The van der Waals surface area contributed by atoms with Gasteiger partial charge in [-0.1, -0.05) is 121 Å². The number of para-hydroxylation sites is 1. The van der Waals surface area contributed by atoms with Gasteiger partial charge in [-0.25, -0.2) is 0 Å². The molecule has 0 spiro atoms. The van der Waals surface area contributed by atoms with Crippen LogP contribution in [0.15, 0.2) is 72.8 Å². The van der Waals surface area contributed by atoms with Crippen molar-refractivity contribution < 1.29 is 14.7 Å². The van der Waals surface area contributed by atoms with Crippen LogP contribution in [-0.4, -0.2) is 23.5 Å². The van der Waals surface area contributed by atoms with E-state index in [1.54, 1.807) is 24.3 Å². The number of hydrogen-bond donors (Lipinski definition) is 5. The van der Waals surface area contributed by atoms with E-state index in [-0.39, 0.29) is 18.9 Å². The Bertz CT molecular complexity index is 1200. The molecule has 0 aliphatic carbocycles. The SMILES string of the molecule is CCCCCCCCCCCCCCc1ccc(N)cc1.CCCc1ccccc1N.Nc1ccc(C(=O)NCCC(=O)O)cc1. The summed E-state index contributed by atoms with van der Waals surface area (Å²) in [6, 6.07) is 22.8. The van der Waals surface area contributed by atoms with Crippen LogP contribution in [0.25, 0.3) is 0 Å². The van der Waals surface area contributed by atoms with Crippen LogP contribution in [-0.2, 0) is 17.6 Å². The van der Waals surface area contributed by atoms with Gasteiger partial charge in [0, 0.05) is 29.2 Å². The number of carbonyl (C=O) groups excluding carboxylic acids is 1. The predicted octanol–water partition coefficient (Wildman–Crippen LogP) is 9.21. The van der Waals surface area contributed by atoms with Gasteiger partial charge in [0.2, 0.25) is 0 Å². The molecule has 1 amide bonds. The molecule has 0 radical (unpaired) electrons. The Morgan fingerprint density at radius 2 is 1.11 bits per heavy atom. The Kier molecular flexibility index (Phi) is 22.8. The molecule has 0 fully saturated rings. The van der Waals surface area contributed by atoms with Crippen LogP contribution in [0.5, 0.6) is 0 Å². The van der Waals surface area contributed by atoms with Gasteiger partial charge >= 0.3 is 5.97 Å². The van der Waals surface area contributed by atoms with E-state index in [0.717, 1.165) is 24.2 Å². The first kappa shape index (κ1) is 40.0. The van der Waals surface area contributed by atoms with Gasteiger partial charge in [-0.15, -0.1) is 0 Å². The van der Waals surface area contributed by atoms with Crippen molar-refractivity contribution in [3.8, 4) is 0 Å². The quantitative estimate of drug-likeness (QED) is 0.0658. The first-order valence-corrected chi connectivity index (χ1v) is 17.3. The van der Waals surface area contributed by atoms with E-state index in [1.165, 1.54) is 94.6 Å². The van der Waals surface area contributed by atoms with Gasteiger partial charge in [0.1, 0.15) is 0 Å². The average molecular weight is 633 g/mol. The maximum atomic E-state index is 11.4. The summed E-state index contributed by atoms with van der Waals surface area (Å²) in [7, 11) is 0. The second-order valence-corrected chi connectivity index (χ2v) is 11.9. The number of nitrogens with two attached hydrogens (primary N) is 3. The van der Waals surface area contributed by atoms with E-state index < -0.39 is 5.97 Å². The third-order valence-corrected chi connectivity index (χ3v) is 7.67. The number of nitrogen functional groups attached to an aromatic ring is 3.